The van der Waals surface area contributed by atoms with Gasteiger partial charge in [-0.15, -0.1) is 24.0 Å². The maximum atomic E-state index is 5.45. The zero-order chi connectivity index (χ0) is 14.0. The van der Waals surface area contributed by atoms with Gasteiger partial charge in [-0.05, 0) is 26.0 Å². The molecule has 0 aromatic heterocycles. The molecule has 1 aliphatic rings. The second kappa shape index (κ2) is 11.9. The number of thioether (sulfide) groups is 1. The van der Waals surface area contributed by atoms with Gasteiger partial charge in [0, 0.05) is 38.2 Å². The van der Waals surface area contributed by atoms with Crippen LogP contribution in [0.1, 0.15) is 19.8 Å². The largest absolute Gasteiger partial charge is 0.383 e. The van der Waals surface area contributed by atoms with E-state index in [1.165, 1.54) is 0 Å². The summed E-state index contributed by atoms with van der Waals surface area (Å²) in [5.41, 5.74) is 0. The number of ether oxygens (including phenoxy) is 2. The van der Waals surface area contributed by atoms with Crippen molar-refractivity contribution in [3.8, 4) is 0 Å². The molecule has 120 valence electrons. The lowest BCUT2D eigenvalue weighted by atomic mass is 9.99. The molecule has 2 N–H and O–H groups in total. The highest BCUT2D eigenvalue weighted by Crippen LogP contribution is 2.33. The lowest BCUT2D eigenvalue weighted by Gasteiger charge is -2.34. The molecule has 0 saturated carbocycles. The summed E-state index contributed by atoms with van der Waals surface area (Å²) in [5.74, 6) is 0.875. The number of guanidine groups is 1. The van der Waals surface area contributed by atoms with Gasteiger partial charge in [-0.2, -0.15) is 11.8 Å². The monoisotopic (exact) mass is 417 g/mol. The number of nitrogens with zero attached hydrogens (tertiary/aromatic N) is 1. The van der Waals surface area contributed by atoms with E-state index in [0.29, 0.717) is 6.61 Å². The highest BCUT2D eigenvalue weighted by atomic mass is 127. The molecular weight excluding hydrogens is 389 g/mol. The number of hydrogen-bond acceptors (Lipinski definition) is 4. The van der Waals surface area contributed by atoms with Crippen LogP contribution in [0.2, 0.25) is 0 Å². The number of methoxy groups -OCH3 is 1. The van der Waals surface area contributed by atoms with Crippen LogP contribution < -0.4 is 10.6 Å². The number of rotatable bonds is 7. The van der Waals surface area contributed by atoms with Crippen molar-refractivity contribution in [1.82, 2.24) is 10.6 Å². The van der Waals surface area contributed by atoms with Crippen LogP contribution in [0.15, 0.2) is 4.99 Å². The van der Waals surface area contributed by atoms with Crippen LogP contribution in [0, 0.1) is 0 Å². The van der Waals surface area contributed by atoms with Gasteiger partial charge in [0.1, 0.15) is 0 Å². The van der Waals surface area contributed by atoms with Crippen molar-refractivity contribution in [3.05, 3.63) is 0 Å². The molecule has 0 bridgehead atoms. The van der Waals surface area contributed by atoms with E-state index in [9.17, 15) is 0 Å². The minimum atomic E-state index is 0. The smallest absolute Gasteiger partial charge is 0.191 e. The molecule has 7 heteroatoms. The Balaban J connectivity index is 0.00000361. The Hall–Kier alpha value is 0.270. The van der Waals surface area contributed by atoms with Gasteiger partial charge in [0.15, 0.2) is 5.96 Å². The molecule has 0 atom stereocenters. The molecule has 0 spiro atoms. The summed E-state index contributed by atoms with van der Waals surface area (Å²) in [6.45, 7) is 6.94. The molecule has 0 radical (unpaired) electrons. The lowest BCUT2D eigenvalue weighted by molar-refractivity contribution is 0.0794. The van der Waals surface area contributed by atoms with Crippen LogP contribution in [-0.2, 0) is 9.47 Å². The van der Waals surface area contributed by atoms with Crippen LogP contribution in [0.5, 0.6) is 0 Å². The van der Waals surface area contributed by atoms with Crippen molar-refractivity contribution < 1.29 is 9.47 Å². The number of aliphatic imine (C=N–C) groups is 1. The molecule has 0 unspecified atom stereocenters. The van der Waals surface area contributed by atoms with Crippen molar-refractivity contribution in [2.24, 2.45) is 4.99 Å². The highest BCUT2D eigenvalue weighted by molar-refractivity contribution is 14.0. The van der Waals surface area contributed by atoms with Crippen molar-refractivity contribution in [2.45, 2.75) is 24.5 Å². The van der Waals surface area contributed by atoms with Gasteiger partial charge in [0.2, 0.25) is 0 Å². The summed E-state index contributed by atoms with van der Waals surface area (Å²) in [4.78, 5) is 4.71. The topological polar surface area (TPSA) is 54.9 Å². The Kier molecular flexibility index (Phi) is 12.0. The third kappa shape index (κ3) is 7.33. The summed E-state index contributed by atoms with van der Waals surface area (Å²) in [7, 11) is 1.70. The Morgan fingerprint density at radius 3 is 2.60 bits per heavy atom. The van der Waals surface area contributed by atoms with Gasteiger partial charge < -0.3 is 20.1 Å². The molecule has 1 saturated heterocycles. The zero-order valence-electron chi connectivity index (χ0n) is 12.7. The average Bonchev–Trinajstić information content (AvgIpc) is 2.46. The number of halogens is 1. The lowest BCUT2D eigenvalue weighted by Crippen LogP contribution is -2.41. The van der Waals surface area contributed by atoms with E-state index in [0.717, 1.165) is 51.6 Å². The van der Waals surface area contributed by atoms with E-state index in [1.54, 1.807) is 7.11 Å². The van der Waals surface area contributed by atoms with E-state index in [-0.39, 0.29) is 28.7 Å². The molecule has 1 aliphatic heterocycles. The van der Waals surface area contributed by atoms with E-state index in [2.05, 4.69) is 23.8 Å². The molecule has 20 heavy (non-hydrogen) atoms. The fourth-order valence-electron chi connectivity index (χ4n) is 2.01. The van der Waals surface area contributed by atoms with Crippen LogP contribution in [-0.4, -0.2) is 63.5 Å². The summed E-state index contributed by atoms with van der Waals surface area (Å²) >= 11 is 1.91. The van der Waals surface area contributed by atoms with Crippen LogP contribution >= 0.6 is 35.7 Å². The van der Waals surface area contributed by atoms with Crippen molar-refractivity contribution in [2.75, 3.05) is 52.8 Å². The molecule has 0 aromatic carbocycles. The van der Waals surface area contributed by atoms with Crippen molar-refractivity contribution in [3.63, 3.8) is 0 Å². The van der Waals surface area contributed by atoms with E-state index in [4.69, 9.17) is 14.5 Å². The fourth-order valence-corrected chi connectivity index (χ4v) is 2.78. The fraction of sp³-hybridized carbons (Fsp3) is 0.923. The highest BCUT2D eigenvalue weighted by Gasteiger charge is 2.31. The van der Waals surface area contributed by atoms with Gasteiger partial charge in [0.25, 0.3) is 0 Å². The van der Waals surface area contributed by atoms with Crippen LogP contribution in [0.25, 0.3) is 0 Å². The molecule has 1 fully saturated rings. The second-order valence-corrected chi connectivity index (χ2v) is 5.89. The maximum Gasteiger partial charge on any atom is 0.191 e. The summed E-state index contributed by atoms with van der Waals surface area (Å²) in [6.07, 6.45) is 4.33. The molecule has 0 aromatic rings. The van der Waals surface area contributed by atoms with E-state index >= 15 is 0 Å². The molecule has 0 aliphatic carbocycles. The maximum absolute atomic E-state index is 5.45. The third-order valence-electron chi connectivity index (χ3n) is 3.31. The molecule has 1 heterocycles. The first-order valence-corrected chi connectivity index (χ1v) is 8.13. The molecule has 1 rings (SSSR count). The Bertz CT molecular complexity index is 274. The van der Waals surface area contributed by atoms with E-state index in [1.807, 2.05) is 11.8 Å². The quantitative estimate of drug-likeness (QED) is 0.286. The first-order chi connectivity index (χ1) is 9.26. The third-order valence-corrected chi connectivity index (χ3v) is 4.71. The van der Waals surface area contributed by atoms with Crippen LogP contribution in [0.3, 0.4) is 0 Å². The van der Waals surface area contributed by atoms with Gasteiger partial charge in [0.05, 0.1) is 13.2 Å². The first-order valence-electron chi connectivity index (χ1n) is 6.90. The predicted molar refractivity (Wildman–Crippen MR) is 97.6 cm³/mol. The second-order valence-electron chi connectivity index (χ2n) is 4.61. The van der Waals surface area contributed by atoms with Gasteiger partial charge in [-0.1, -0.05) is 0 Å². The SMILES string of the molecule is CCNC(=NCC1(SC)CCOCC1)NCCOC.I. The predicted octanol–water partition coefficient (Wildman–Crippen LogP) is 1.72. The van der Waals surface area contributed by atoms with Crippen molar-refractivity contribution in [1.29, 1.82) is 0 Å². The van der Waals surface area contributed by atoms with Gasteiger partial charge in [-0.25, -0.2) is 0 Å². The van der Waals surface area contributed by atoms with Crippen molar-refractivity contribution >= 4 is 41.7 Å². The molecular formula is C13H28IN3O2S. The van der Waals surface area contributed by atoms with Gasteiger partial charge in [-0.3, -0.25) is 4.99 Å². The standard InChI is InChI=1S/C13H27N3O2S.HI/c1-4-14-12(15-7-10-17-2)16-11-13(19-3)5-8-18-9-6-13;/h4-11H2,1-3H3,(H2,14,15,16);1H. The number of hydrogen-bond donors (Lipinski definition) is 2. The normalized spacial score (nSPS) is 18.2. The first kappa shape index (κ1) is 20.3. The zero-order valence-corrected chi connectivity index (χ0v) is 15.9. The minimum Gasteiger partial charge on any atom is -0.383 e. The minimum absolute atomic E-state index is 0. The Labute approximate surface area is 144 Å². The Morgan fingerprint density at radius 1 is 1.35 bits per heavy atom. The average molecular weight is 417 g/mol. The van der Waals surface area contributed by atoms with E-state index < -0.39 is 0 Å². The van der Waals surface area contributed by atoms with Gasteiger partial charge >= 0.3 is 0 Å². The Morgan fingerprint density at radius 2 is 2.05 bits per heavy atom. The van der Waals surface area contributed by atoms with Crippen LogP contribution in [0.4, 0.5) is 0 Å². The number of nitrogens with one attached hydrogen (secondary N) is 2. The summed E-state index contributed by atoms with van der Waals surface area (Å²) < 4.78 is 10.7. The summed E-state index contributed by atoms with van der Waals surface area (Å²) in [6, 6.07) is 0. The molecule has 5 nitrogen and oxygen atoms in total. The molecule has 0 amide bonds. The summed E-state index contributed by atoms with van der Waals surface area (Å²) in [5, 5.41) is 6.54.